The number of para-hydroxylation sites is 1. The molecule has 30 heavy (non-hydrogen) atoms. The van der Waals surface area contributed by atoms with E-state index in [9.17, 15) is 9.59 Å². The largest absolute Gasteiger partial charge is 0.352 e. The highest BCUT2D eigenvalue weighted by atomic mass is 127. The number of fused-ring (bicyclic) bond motifs is 1. The van der Waals surface area contributed by atoms with Crippen LogP contribution in [0.3, 0.4) is 0 Å². The second-order valence-electron chi connectivity index (χ2n) is 8.25. The van der Waals surface area contributed by atoms with Crippen LogP contribution in [0.25, 0.3) is 0 Å². The number of halogens is 1. The van der Waals surface area contributed by atoms with Crippen molar-refractivity contribution in [3.05, 3.63) is 29.8 Å². The Bertz CT molecular complexity index is 793. The molecular weight excluding hydrogens is 493 g/mol. The molecule has 8 heteroatoms. The molecule has 7 nitrogen and oxygen atoms in total. The minimum absolute atomic E-state index is 0. The molecule has 2 aliphatic heterocycles. The lowest BCUT2D eigenvalue weighted by molar-refractivity contribution is -0.134. The summed E-state index contributed by atoms with van der Waals surface area (Å²) in [5.41, 5.74) is 2.24. The normalized spacial score (nSPS) is 21.4. The van der Waals surface area contributed by atoms with Crippen molar-refractivity contribution in [2.45, 2.75) is 44.6 Å². The van der Waals surface area contributed by atoms with Gasteiger partial charge in [0.2, 0.25) is 11.8 Å². The first kappa shape index (κ1) is 22.8. The number of carbonyl (C=O) groups is 2. The van der Waals surface area contributed by atoms with E-state index in [1.807, 2.05) is 28.0 Å². The van der Waals surface area contributed by atoms with Crippen molar-refractivity contribution in [1.29, 1.82) is 0 Å². The minimum Gasteiger partial charge on any atom is -0.352 e. The Balaban J connectivity index is 0.00000256. The summed E-state index contributed by atoms with van der Waals surface area (Å²) in [7, 11) is 1.71. The van der Waals surface area contributed by atoms with Crippen LogP contribution in [0.4, 0.5) is 5.69 Å². The molecule has 3 aliphatic rings. The second-order valence-corrected chi connectivity index (χ2v) is 8.25. The highest BCUT2D eigenvalue weighted by Gasteiger charge is 2.32. The van der Waals surface area contributed by atoms with Crippen LogP contribution in [0.2, 0.25) is 0 Å². The van der Waals surface area contributed by atoms with Crippen molar-refractivity contribution in [3.8, 4) is 0 Å². The van der Waals surface area contributed by atoms with Gasteiger partial charge in [0.15, 0.2) is 5.96 Å². The van der Waals surface area contributed by atoms with Gasteiger partial charge in [0, 0.05) is 44.3 Å². The molecule has 2 heterocycles. The minimum atomic E-state index is 0. The first-order valence-electron chi connectivity index (χ1n) is 10.8. The molecule has 1 aliphatic carbocycles. The molecule has 1 unspecified atom stereocenters. The zero-order chi connectivity index (χ0) is 20.2. The molecule has 1 atom stereocenters. The van der Waals surface area contributed by atoms with Gasteiger partial charge in [-0.3, -0.25) is 14.6 Å². The van der Waals surface area contributed by atoms with Crippen LogP contribution in [-0.2, 0) is 16.0 Å². The third-order valence-corrected chi connectivity index (χ3v) is 6.36. The standard InChI is InChI=1S/C22H31N5O2.HI/c1-23-22(24-14-20(28)27-13-10-16-6-4-5-9-19(16)27)25-18-11-12-26(15-18)21(29)17-7-2-3-8-17;/h4-6,9,17-18H,2-3,7-8,10-15H2,1H3,(H2,23,24,25);1H. The summed E-state index contributed by atoms with van der Waals surface area (Å²) in [6.07, 6.45) is 6.25. The maximum absolute atomic E-state index is 12.7. The lowest BCUT2D eigenvalue weighted by Gasteiger charge is -2.22. The quantitative estimate of drug-likeness (QED) is 0.359. The number of hydrogen-bond donors (Lipinski definition) is 2. The number of nitrogens with one attached hydrogen (secondary N) is 2. The number of amides is 2. The van der Waals surface area contributed by atoms with Gasteiger partial charge in [0.1, 0.15) is 0 Å². The predicted octanol–water partition coefficient (Wildman–Crippen LogP) is 2.15. The smallest absolute Gasteiger partial charge is 0.246 e. The second kappa shape index (κ2) is 10.5. The molecule has 0 radical (unpaired) electrons. The Morgan fingerprint density at radius 3 is 2.67 bits per heavy atom. The average Bonchev–Trinajstić information content (AvgIpc) is 3.50. The number of guanidine groups is 1. The van der Waals surface area contributed by atoms with Crippen LogP contribution in [-0.4, -0.2) is 61.9 Å². The summed E-state index contributed by atoms with van der Waals surface area (Å²) in [5, 5.41) is 6.53. The van der Waals surface area contributed by atoms with Crippen LogP contribution in [0.1, 0.15) is 37.7 Å². The molecule has 0 aromatic heterocycles. The Morgan fingerprint density at radius 1 is 1.13 bits per heavy atom. The van der Waals surface area contributed by atoms with E-state index < -0.39 is 0 Å². The fraction of sp³-hybridized carbons (Fsp3) is 0.591. The molecule has 1 saturated heterocycles. The molecule has 2 fully saturated rings. The summed E-state index contributed by atoms with van der Waals surface area (Å²) in [6.45, 7) is 2.44. The molecule has 0 spiro atoms. The topological polar surface area (TPSA) is 77.0 Å². The Morgan fingerprint density at radius 2 is 1.90 bits per heavy atom. The van der Waals surface area contributed by atoms with E-state index in [-0.39, 0.29) is 48.4 Å². The van der Waals surface area contributed by atoms with E-state index in [0.717, 1.165) is 44.5 Å². The lowest BCUT2D eigenvalue weighted by Crippen LogP contribution is -2.48. The van der Waals surface area contributed by atoms with Crippen LogP contribution < -0.4 is 15.5 Å². The fourth-order valence-corrected chi connectivity index (χ4v) is 4.75. The third kappa shape index (κ3) is 5.07. The van der Waals surface area contributed by atoms with Gasteiger partial charge in [-0.2, -0.15) is 0 Å². The molecule has 164 valence electrons. The average molecular weight is 525 g/mol. The van der Waals surface area contributed by atoms with Crippen LogP contribution in [0.5, 0.6) is 0 Å². The maximum Gasteiger partial charge on any atom is 0.246 e. The van der Waals surface area contributed by atoms with Crippen molar-refractivity contribution in [2.75, 3.05) is 38.1 Å². The summed E-state index contributed by atoms with van der Waals surface area (Å²) in [4.78, 5) is 33.4. The molecule has 1 aromatic carbocycles. The van der Waals surface area contributed by atoms with E-state index in [4.69, 9.17) is 0 Å². The van der Waals surface area contributed by atoms with Gasteiger partial charge >= 0.3 is 0 Å². The van der Waals surface area contributed by atoms with Gasteiger partial charge in [-0.15, -0.1) is 24.0 Å². The number of anilines is 1. The highest BCUT2D eigenvalue weighted by Crippen LogP contribution is 2.28. The summed E-state index contributed by atoms with van der Waals surface area (Å²) in [5.74, 6) is 1.21. The molecule has 2 N–H and O–H groups in total. The van der Waals surface area contributed by atoms with Crippen molar-refractivity contribution < 1.29 is 9.59 Å². The van der Waals surface area contributed by atoms with E-state index in [1.165, 1.54) is 18.4 Å². The van der Waals surface area contributed by atoms with Gasteiger partial charge in [0.25, 0.3) is 0 Å². The van der Waals surface area contributed by atoms with E-state index in [2.05, 4.69) is 21.7 Å². The Labute approximate surface area is 195 Å². The highest BCUT2D eigenvalue weighted by molar-refractivity contribution is 14.0. The van der Waals surface area contributed by atoms with Crippen LogP contribution >= 0.6 is 24.0 Å². The van der Waals surface area contributed by atoms with Crippen molar-refractivity contribution in [3.63, 3.8) is 0 Å². The fourth-order valence-electron chi connectivity index (χ4n) is 4.75. The summed E-state index contributed by atoms with van der Waals surface area (Å²) < 4.78 is 0. The monoisotopic (exact) mass is 525 g/mol. The number of nitrogens with zero attached hydrogens (tertiary/aromatic N) is 3. The maximum atomic E-state index is 12.7. The Hall–Kier alpha value is -1.84. The summed E-state index contributed by atoms with van der Waals surface area (Å²) >= 11 is 0. The van der Waals surface area contributed by atoms with Crippen molar-refractivity contribution >= 4 is 47.4 Å². The molecule has 2 amide bonds. The summed E-state index contributed by atoms with van der Waals surface area (Å²) in [6, 6.07) is 8.24. The number of likely N-dealkylation sites (tertiary alicyclic amines) is 1. The number of benzene rings is 1. The first-order chi connectivity index (χ1) is 14.2. The number of hydrogen-bond acceptors (Lipinski definition) is 3. The zero-order valence-electron chi connectivity index (χ0n) is 17.6. The molecular formula is C22H32IN5O2. The zero-order valence-corrected chi connectivity index (χ0v) is 19.9. The predicted molar refractivity (Wildman–Crippen MR) is 129 cm³/mol. The molecule has 0 bridgehead atoms. The number of carbonyl (C=O) groups excluding carboxylic acids is 2. The SMILES string of the molecule is CN=C(NCC(=O)N1CCc2ccccc21)NC1CCN(C(=O)C2CCCC2)C1.I. The number of aliphatic imine (C=N–C) groups is 1. The van der Waals surface area contributed by atoms with E-state index >= 15 is 0 Å². The molecule has 1 aromatic rings. The molecule has 1 saturated carbocycles. The van der Waals surface area contributed by atoms with Crippen LogP contribution in [0.15, 0.2) is 29.3 Å². The third-order valence-electron chi connectivity index (χ3n) is 6.36. The van der Waals surface area contributed by atoms with Gasteiger partial charge in [-0.25, -0.2) is 0 Å². The van der Waals surface area contributed by atoms with E-state index in [0.29, 0.717) is 18.4 Å². The Kier molecular flexibility index (Phi) is 7.96. The van der Waals surface area contributed by atoms with Gasteiger partial charge in [0.05, 0.1) is 6.54 Å². The van der Waals surface area contributed by atoms with Gasteiger partial charge < -0.3 is 20.4 Å². The number of rotatable bonds is 4. The van der Waals surface area contributed by atoms with Crippen molar-refractivity contribution in [1.82, 2.24) is 15.5 Å². The first-order valence-corrected chi connectivity index (χ1v) is 10.8. The van der Waals surface area contributed by atoms with Gasteiger partial charge in [-0.05, 0) is 37.3 Å². The van der Waals surface area contributed by atoms with E-state index in [1.54, 1.807) is 7.05 Å². The van der Waals surface area contributed by atoms with Crippen LogP contribution in [0, 0.1) is 5.92 Å². The molecule has 4 rings (SSSR count). The van der Waals surface area contributed by atoms with Crippen molar-refractivity contribution in [2.24, 2.45) is 10.9 Å². The van der Waals surface area contributed by atoms with Gasteiger partial charge in [-0.1, -0.05) is 31.0 Å². The lowest BCUT2D eigenvalue weighted by atomic mass is 10.1.